The SMILES string of the molecule is O=C(NCc1cccc(O)c1)c1cn[nH]n1. The van der Waals surface area contributed by atoms with Crippen LogP contribution in [0, 0.1) is 0 Å². The molecule has 0 fully saturated rings. The fourth-order valence-electron chi connectivity index (χ4n) is 1.25. The Kier molecular flexibility index (Phi) is 2.81. The number of phenols is 1. The predicted octanol–water partition coefficient (Wildman–Crippen LogP) is 0.440. The minimum absolute atomic E-state index is 0.174. The van der Waals surface area contributed by atoms with E-state index in [-0.39, 0.29) is 17.4 Å². The number of carbonyl (C=O) groups is 1. The predicted molar refractivity (Wildman–Crippen MR) is 55.7 cm³/mol. The molecule has 1 aromatic carbocycles. The molecule has 0 aliphatic heterocycles. The number of phenolic OH excluding ortho intramolecular Hbond substituents is 1. The zero-order valence-electron chi connectivity index (χ0n) is 8.34. The Hall–Kier alpha value is -2.37. The number of benzene rings is 1. The summed E-state index contributed by atoms with van der Waals surface area (Å²) in [6.07, 6.45) is 1.35. The molecule has 6 nitrogen and oxygen atoms in total. The molecule has 0 saturated carbocycles. The van der Waals surface area contributed by atoms with E-state index in [1.54, 1.807) is 18.2 Å². The minimum atomic E-state index is -0.308. The molecule has 0 aliphatic carbocycles. The summed E-state index contributed by atoms with van der Waals surface area (Å²) >= 11 is 0. The maximum atomic E-state index is 11.5. The quantitative estimate of drug-likeness (QED) is 0.697. The summed E-state index contributed by atoms with van der Waals surface area (Å²) in [7, 11) is 0. The Labute approximate surface area is 91.3 Å². The van der Waals surface area contributed by atoms with Gasteiger partial charge in [-0.25, -0.2) is 0 Å². The number of aromatic hydroxyl groups is 1. The molecule has 0 aliphatic rings. The summed E-state index contributed by atoms with van der Waals surface area (Å²) in [5.74, 6) is -0.134. The molecule has 0 bridgehead atoms. The molecule has 0 saturated heterocycles. The summed E-state index contributed by atoms with van der Waals surface area (Å²) in [6.45, 7) is 0.333. The van der Waals surface area contributed by atoms with Crippen molar-refractivity contribution in [1.82, 2.24) is 20.7 Å². The van der Waals surface area contributed by atoms with Gasteiger partial charge in [-0.2, -0.15) is 15.4 Å². The first-order valence-corrected chi connectivity index (χ1v) is 4.67. The standard InChI is InChI=1S/C10H10N4O2/c15-8-3-1-2-7(4-8)5-11-10(16)9-6-12-14-13-9/h1-4,6,15H,5H2,(H,11,16)(H,12,13,14). The van der Waals surface area contributed by atoms with Crippen molar-refractivity contribution < 1.29 is 9.90 Å². The number of nitrogens with one attached hydrogen (secondary N) is 2. The Morgan fingerprint density at radius 1 is 1.50 bits per heavy atom. The van der Waals surface area contributed by atoms with Crippen LogP contribution >= 0.6 is 0 Å². The van der Waals surface area contributed by atoms with E-state index >= 15 is 0 Å². The Morgan fingerprint density at radius 2 is 2.38 bits per heavy atom. The van der Waals surface area contributed by atoms with Gasteiger partial charge in [0, 0.05) is 6.54 Å². The van der Waals surface area contributed by atoms with Crippen LogP contribution in [0.3, 0.4) is 0 Å². The molecule has 0 unspecified atom stereocenters. The molecule has 16 heavy (non-hydrogen) atoms. The maximum Gasteiger partial charge on any atom is 0.273 e. The van der Waals surface area contributed by atoms with E-state index in [4.69, 9.17) is 0 Å². The number of nitrogens with zero attached hydrogens (tertiary/aromatic N) is 2. The molecule has 1 heterocycles. The second-order valence-corrected chi connectivity index (χ2v) is 3.21. The van der Waals surface area contributed by atoms with Gasteiger partial charge < -0.3 is 10.4 Å². The van der Waals surface area contributed by atoms with Gasteiger partial charge in [-0.3, -0.25) is 4.79 Å². The van der Waals surface area contributed by atoms with Crippen LogP contribution in [0.4, 0.5) is 0 Å². The second kappa shape index (κ2) is 4.43. The van der Waals surface area contributed by atoms with Crippen molar-refractivity contribution in [2.24, 2.45) is 0 Å². The first kappa shape index (κ1) is 10.2. The van der Waals surface area contributed by atoms with Crippen LogP contribution in [-0.4, -0.2) is 26.4 Å². The molecule has 2 aromatic rings. The summed E-state index contributed by atoms with van der Waals surface area (Å²) in [4.78, 5) is 11.5. The molecule has 82 valence electrons. The van der Waals surface area contributed by atoms with E-state index in [0.29, 0.717) is 6.54 Å². The molecule has 0 atom stereocenters. The van der Waals surface area contributed by atoms with Gasteiger partial charge in [-0.15, -0.1) is 0 Å². The van der Waals surface area contributed by atoms with Gasteiger partial charge in [0.2, 0.25) is 0 Å². The third kappa shape index (κ3) is 2.35. The van der Waals surface area contributed by atoms with E-state index in [2.05, 4.69) is 20.7 Å². The Bertz CT molecular complexity index is 481. The van der Waals surface area contributed by atoms with Crippen LogP contribution in [0.25, 0.3) is 0 Å². The average molecular weight is 218 g/mol. The van der Waals surface area contributed by atoms with E-state index in [1.807, 2.05) is 6.07 Å². The van der Waals surface area contributed by atoms with Crippen LogP contribution in [0.2, 0.25) is 0 Å². The van der Waals surface area contributed by atoms with Crippen molar-refractivity contribution in [3.63, 3.8) is 0 Å². The summed E-state index contributed by atoms with van der Waals surface area (Å²) < 4.78 is 0. The van der Waals surface area contributed by atoms with Crippen LogP contribution in [0.15, 0.2) is 30.5 Å². The highest BCUT2D eigenvalue weighted by Gasteiger charge is 2.07. The van der Waals surface area contributed by atoms with E-state index in [9.17, 15) is 9.90 Å². The molecule has 1 aromatic heterocycles. The van der Waals surface area contributed by atoms with Crippen molar-refractivity contribution in [2.45, 2.75) is 6.54 Å². The number of aromatic amines is 1. The lowest BCUT2D eigenvalue weighted by Gasteiger charge is -2.03. The zero-order chi connectivity index (χ0) is 11.4. The third-order valence-electron chi connectivity index (χ3n) is 2.01. The third-order valence-corrected chi connectivity index (χ3v) is 2.01. The van der Waals surface area contributed by atoms with Crippen molar-refractivity contribution in [3.05, 3.63) is 41.7 Å². The van der Waals surface area contributed by atoms with Crippen molar-refractivity contribution in [3.8, 4) is 5.75 Å². The number of hydrogen-bond donors (Lipinski definition) is 3. The lowest BCUT2D eigenvalue weighted by atomic mass is 10.2. The first-order valence-electron chi connectivity index (χ1n) is 4.67. The van der Waals surface area contributed by atoms with Crippen molar-refractivity contribution in [1.29, 1.82) is 0 Å². The van der Waals surface area contributed by atoms with Gasteiger partial charge in [-0.1, -0.05) is 12.1 Å². The number of amides is 1. The molecular formula is C10H10N4O2. The lowest BCUT2D eigenvalue weighted by molar-refractivity contribution is 0.0946. The van der Waals surface area contributed by atoms with Crippen molar-refractivity contribution in [2.75, 3.05) is 0 Å². The number of rotatable bonds is 3. The minimum Gasteiger partial charge on any atom is -0.508 e. The topological polar surface area (TPSA) is 90.9 Å². The lowest BCUT2D eigenvalue weighted by Crippen LogP contribution is -2.23. The molecule has 6 heteroatoms. The molecule has 0 radical (unpaired) electrons. The second-order valence-electron chi connectivity index (χ2n) is 3.21. The number of carbonyl (C=O) groups excluding carboxylic acids is 1. The maximum absolute atomic E-state index is 11.5. The van der Waals surface area contributed by atoms with Gasteiger partial charge in [0.05, 0.1) is 6.20 Å². The fourth-order valence-corrected chi connectivity index (χ4v) is 1.25. The largest absolute Gasteiger partial charge is 0.508 e. The van der Waals surface area contributed by atoms with Gasteiger partial charge in [0.25, 0.3) is 5.91 Å². The van der Waals surface area contributed by atoms with Gasteiger partial charge in [-0.05, 0) is 17.7 Å². The molecule has 2 rings (SSSR count). The van der Waals surface area contributed by atoms with Crippen LogP contribution in [0.1, 0.15) is 16.1 Å². The monoisotopic (exact) mass is 218 g/mol. The van der Waals surface area contributed by atoms with Crippen LogP contribution < -0.4 is 5.32 Å². The molecule has 0 spiro atoms. The first-order chi connectivity index (χ1) is 7.75. The highest BCUT2D eigenvalue weighted by atomic mass is 16.3. The average Bonchev–Trinajstić information content (AvgIpc) is 2.79. The number of hydrogen-bond acceptors (Lipinski definition) is 4. The molecular weight excluding hydrogens is 208 g/mol. The number of aromatic nitrogens is 3. The molecule has 1 amide bonds. The summed E-state index contributed by atoms with van der Waals surface area (Å²) in [5, 5.41) is 21.4. The van der Waals surface area contributed by atoms with E-state index < -0.39 is 0 Å². The smallest absolute Gasteiger partial charge is 0.273 e. The zero-order valence-corrected chi connectivity index (χ0v) is 8.34. The van der Waals surface area contributed by atoms with Crippen LogP contribution in [-0.2, 0) is 6.54 Å². The highest BCUT2D eigenvalue weighted by molar-refractivity contribution is 5.91. The normalized spacial score (nSPS) is 10.0. The Morgan fingerprint density at radius 3 is 3.06 bits per heavy atom. The van der Waals surface area contributed by atoms with Gasteiger partial charge in [0.1, 0.15) is 5.75 Å². The summed E-state index contributed by atoms with van der Waals surface area (Å²) in [6, 6.07) is 6.68. The Balaban J connectivity index is 1.95. The van der Waals surface area contributed by atoms with Crippen molar-refractivity contribution >= 4 is 5.91 Å². The number of H-pyrrole nitrogens is 1. The van der Waals surface area contributed by atoms with Gasteiger partial charge in [0.15, 0.2) is 5.69 Å². The van der Waals surface area contributed by atoms with Gasteiger partial charge >= 0.3 is 0 Å². The molecule has 3 N–H and O–H groups in total. The van der Waals surface area contributed by atoms with Crippen LogP contribution in [0.5, 0.6) is 5.75 Å². The highest BCUT2D eigenvalue weighted by Crippen LogP contribution is 2.10. The van der Waals surface area contributed by atoms with E-state index in [0.717, 1.165) is 5.56 Å². The fraction of sp³-hybridized carbons (Fsp3) is 0.100. The summed E-state index contributed by atoms with van der Waals surface area (Å²) in [5.41, 5.74) is 1.05. The van der Waals surface area contributed by atoms with E-state index in [1.165, 1.54) is 6.20 Å².